The standard InChI is InChI=1S/C23H34N2O/c1-16(2)17-9-8-10-18(11-17)22(5,6)24-20(26)25-15-23(7)13-19(25)12-21(3,4)14-23/h8-11,19H,1,12-15H2,2-7H3,(H,24,26)/t19-,23-/m0/s1. The Hall–Kier alpha value is -1.77. The van der Waals surface area contributed by atoms with Crippen molar-refractivity contribution in [2.24, 2.45) is 10.8 Å². The summed E-state index contributed by atoms with van der Waals surface area (Å²) in [5.74, 6) is 0. The normalized spacial score (nSPS) is 27.3. The van der Waals surface area contributed by atoms with E-state index in [1.807, 2.05) is 13.0 Å². The van der Waals surface area contributed by atoms with Gasteiger partial charge in [-0.3, -0.25) is 0 Å². The Morgan fingerprint density at radius 2 is 1.96 bits per heavy atom. The molecule has 1 heterocycles. The second kappa shape index (κ2) is 6.14. The lowest BCUT2D eigenvalue weighted by Gasteiger charge is -2.39. The molecule has 2 atom stereocenters. The molecule has 26 heavy (non-hydrogen) atoms. The number of nitrogens with one attached hydrogen (secondary N) is 1. The fourth-order valence-corrected chi connectivity index (χ4v) is 5.28. The third-order valence-electron chi connectivity index (χ3n) is 6.17. The molecule has 2 bridgehead atoms. The predicted molar refractivity (Wildman–Crippen MR) is 109 cm³/mol. The highest BCUT2D eigenvalue weighted by Gasteiger charge is 2.51. The average molecular weight is 355 g/mol. The molecule has 3 nitrogen and oxygen atoms in total. The lowest BCUT2D eigenvalue weighted by molar-refractivity contribution is 0.128. The van der Waals surface area contributed by atoms with Gasteiger partial charge in [0.25, 0.3) is 0 Å². The van der Waals surface area contributed by atoms with Crippen molar-refractivity contribution in [2.75, 3.05) is 6.54 Å². The summed E-state index contributed by atoms with van der Waals surface area (Å²) in [5, 5.41) is 3.30. The highest BCUT2D eigenvalue weighted by Crippen LogP contribution is 2.52. The van der Waals surface area contributed by atoms with E-state index >= 15 is 0 Å². The lowest BCUT2D eigenvalue weighted by Crippen LogP contribution is -2.50. The van der Waals surface area contributed by atoms with Crippen LogP contribution in [0.15, 0.2) is 30.8 Å². The number of rotatable bonds is 3. The first-order valence-electron chi connectivity index (χ1n) is 9.76. The van der Waals surface area contributed by atoms with Crippen LogP contribution < -0.4 is 5.32 Å². The molecule has 1 saturated carbocycles. The van der Waals surface area contributed by atoms with Crippen LogP contribution in [0.3, 0.4) is 0 Å². The second-order valence-corrected chi connectivity index (χ2v) is 10.3. The highest BCUT2D eigenvalue weighted by molar-refractivity contribution is 5.76. The molecule has 1 N–H and O–H groups in total. The molecular formula is C23H34N2O. The zero-order valence-electron chi connectivity index (χ0n) is 17.3. The zero-order chi connectivity index (χ0) is 19.3. The number of nitrogens with zero attached hydrogens (tertiary/aromatic N) is 1. The number of allylic oxidation sites excluding steroid dienone is 1. The van der Waals surface area contributed by atoms with Crippen LogP contribution in [0.2, 0.25) is 0 Å². The number of urea groups is 1. The maximum absolute atomic E-state index is 13.1. The number of likely N-dealkylation sites (tertiary alicyclic amines) is 1. The number of hydrogen-bond acceptors (Lipinski definition) is 1. The summed E-state index contributed by atoms with van der Waals surface area (Å²) in [6.07, 6.45) is 3.43. The molecule has 1 aromatic carbocycles. The summed E-state index contributed by atoms with van der Waals surface area (Å²) in [4.78, 5) is 15.2. The van der Waals surface area contributed by atoms with E-state index in [1.165, 1.54) is 6.42 Å². The SMILES string of the molecule is C=C(C)c1cccc(C(C)(C)NC(=O)N2C[C@@]3(C)C[C@@H]2CC(C)(C)C3)c1. The van der Waals surface area contributed by atoms with E-state index in [0.717, 1.165) is 36.1 Å². The Labute approximate surface area is 158 Å². The van der Waals surface area contributed by atoms with Gasteiger partial charge in [0.1, 0.15) is 0 Å². The summed E-state index contributed by atoms with van der Waals surface area (Å²) in [5.41, 5.74) is 3.43. The maximum atomic E-state index is 13.1. The first-order valence-corrected chi connectivity index (χ1v) is 9.76. The molecule has 0 spiro atoms. The number of hydrogen-bond donors (Lipinski definition) is 1. The van der Waals surface area contributed by atoms with E-state index in [2.05, 4.69) is 69.6 Å². The molecule has 1 aromatic rings. The second-order valence-electron chi connectivity index (χ2n) is 10.3. The minimum absolute atomic E-state index is 0.0714. The van der Waals surface area contributed by atoms with Crippen LogP contribution in [-0.4, -0.2) is 23.5 Å². The quantitative estimate of drug-likeness (QED) is 0.756. The number of carbonyl (C=O) groups is 1. The maximum Gasteiger partial charge on any atom is 0.318 e. The number of amides is 2. The smallest absolute Gasteiger partial charge is 0.318 e. The van der Waals surface area contributed by atoms with Crippen molar-refractivity contribution in [1.82, 2.24) is 10.2 Å². The van der Waals surface area contributed by atoms with Crippen LogP contribution in [0.1, 0.15) is 71.9 Å². The van der Waals surface area contributed by atoms with Crippen molar-refractivity contribution in [3.05, 3.63) is 42.0 Å². The summed E-state index contributed by atoms with van der Waals surface area (Å²) < 4.78 is 0. The molecule has 3 heteroatoms. The van der Waals surface area contributed by atoms with Crippen molar-refractivity contribution in [2.45, 2.75) is 72.4 Å². The van der Waals surface area contributed by atoms with Crippen LogP contribution in [0.25, 0.3) is 5.57 Å². The third kappa shape index (κ3) is 3.67. The van der Waals surface area contributed by atoms with Crippen molar-refractivity contribution in [1.29, 1.82) is 0 Å². The zero-order valence-corrected chi connectivity index (χ0v) is 17.3. The molecule has 2 aliphatic rings. The molecule has 142 valence electrons. The minimum atomic E-state index is -0.421. The van der Waals surface area contributed by atoms with Gasteiger partial charge in [-0.05, 0) is 68.1 Å². The minimum Gasteiger partial charge on any atom is -0.329 e. The van der Waals surface area contributed by atoms with Crippen molar-refractivity contribution >= 4 is 11.6 Å². The Kier molecular flexibility index (Phi) is 4.49. The Bertz CT molecular complexity index is 733. The van der Waals surface area contributed by atoms with Crippen molar-refractivity contribution in [3.63, 3.8) is 0 Å². The van der Waals surface area contributed by atoms with Gasteiger partial charge in [-0.15, -0.1) is 0 Å². The third-order valence-corrected chi connectivity index (χ3v) is 6.17. The lowest BCUT2D eigenvalue weighted by atomic mass is 9.65. The molecule has 2 fully saturated rings. The molecule has 0 aromatic heterocycles. The van der Waals surface area contributed by atoms with Gasteiger partial charge < -0.3 is 10.2 Å². The average Bonchev–Trinajstić information content (AvgIpc) is 2.76. The molecule has 1 aliphatic heterocycles. The molecule has 2 amide bonds. The largest absolute Gasteiger partial charge is 0.329 e. The van der Waals surface area contributed by atoms with Gasteiger partial charge >= 0.3 is 6.03 Å². The van der Waals surface area contributed by atoms with Gasteiger partial charge in [0.15, 0.2) is 0 Å². The van der Waals surface area contributed by atoms with E-state index in [9.17, 15) is 4.79 Å². The molecule has 0 radical (unpaired) electrons. The fraction of sp³-hybridized carbons (Fsp3) is 0.609. The predicted octanol–water partition coefficient (Wildman–Crippen LogP) is 5.57. The fourth-order valence-electron chi connectivity index (χ4n) is 5.28. The van der Waals surface area contributed by atoms with E-state index in [-0.39, 0.29) is 11.4 Å². The molecule has 1 aliphatic carbocycles. The topological polar surface area (TPSA) is 32.3 Å². The van der Waals surface area contributed by atoms with Crippen LogP contribution in [0.5, 0.6) is 0 Å². The van der Waals surface area contributed by atoms with Crippen LogP contribution >= 0.6 is 0 Å². The first kappa shape index (κ1) is 19.0. The number of carbonyl (C=O) groups excluding carboxylic acids is 1. The first-order chi connectivity index (χ1) is 11.9. The van der Waals surface area contributed by atoms with Gasteiger partial charge in [-0.2, -0.15) is 0 Å². The van der Waals surface area contributed by atoms with Crippen molar-refractivity contribution in [3.8, 4) is 0 Å². The summed E-state index contributed by atoms with van der Waals surface area (Å²) >= 11 is 0. The Balaban J connectivity index is 1.77. The monoisotopic (exact) mass is 354 g/mol. The number of fused-ring (bicyclic) bond motifs is 2. The molecule has 1 saturated heterocycles. The van der Waals surface area contributed by atoms with Gasteiger partial charge in [0, 0.05) is 12.6 Å². The Morgan fingerprint density at radius 3 is 2.62 bits per heavy atom. The molecular weight excluding hydrogens is 320 g/mol. The van der Waals surface area contributed by atoms with Crippen LogP contribution in [0, 0.1) is 10.8 Å². The Morgan fingerprint density at radius 1 is 1.27 bits per heavy atom. The van der Waals surface area contributed by atoms with Gasteiger partial charge in [0.05, 0.1) is 5.54 Å². The summed E-state index contributed by atoms with van der Waals surface area (Å²) in [6.45, 7) is 18.1. The highest BCUT2D eigenvalue weighted by atomic mass is 16.2. The van der Waals surface area contributed by atoms with E-state index in [0.29, 0.717) is 11.5 Å². The van der Waals surface area contributed by atoms with Gasteiger partial charge in [-0.25, -0.2) is 4.79 Å². The van der Waals surface area contributed by atoms with Gasteiger partial charge in [-0.1, -0.05) is 51.1 Å². The van der Waals surface area contributed by atoms with Crippen LogP contribution in [0.4, 0.5) is 4.79 Å². The number of benzene rings is 1. The van der Waals surface area contributed by atoms with Crippen LogP contribution in [-0.2, 0) is 5.54 Å². The molecule has 3 rings (SSSR count). The van der Waals surface area contributed by atoms with Gasteiger partial charge in [0.2, 0.25) is 0 Å². The summed E-state index contributed by atoms with van der Waals surface area (Å²) in [7, 11) is 0. The summed E-state index contributed by atoms with van der Waals surface area (Å²) in [6, 6.07) is 8.76. The molecule has 0 unspecified atom stereocenters. The van der Waals surface area contributed by atoms with E-state index in [1.54, 1.807) is 0 Å². The van der Waals surface area contributed by atoms with Crippen molar-refractivity contribution < 1.29 is 4.79 Å². The van der Waals surface area contributed by atoms with E-state index < -0.39 is 5.54 Å². The van der Waals surface area contributed by atoms with E-state index in [4.69, 9.17) is 0 Å².